The third-order valence-electron chi connectivity index (χ3n) is 4.28. The Morgan fingerprint density at radius 1 is 1.07 bits per heavy atom. The van der Waals surface area contributed by atoms with Gasteiger partial charge in [-0.2, -0.15) is 0 Å². The van der Waals surface area contributed by atoms with Crippen molar-refractivity contribution >= 4 is 23.2 Å². The molecule has 1 N–H and O–H groups in total. The molecule has 0 unspecified atom stereocenters. The van der Waals surface area contributed by atoms with E-state index in [1.54, 1.807) is 43.5 Å². The summed E-state index contributed by atoms with van der Waals surface area (Å²) in [5.74, 6) is 1.91. The lowest BCUT2D eigenvalue weighted by molar-refractivity contribution is -0.117. The van der Waals surface area contributed by atoms with Gasteiger partial charge < -0.3 is 29.2 Å². The van der Waals surface area contributed by atoms with E-state index in [1.165, 1.54) is 18.9 Å². The van der Waals surface area contributed by atoms with Crippen molar-refractivity contribution in [3.63, 3.8) is 0 Å². The van der Waals surface area contributed by atoms with Crippen molar-refractivity contribution in [2.75, 3.05) is 37.8 Å². The van der Waals surface area contributed by atoms with E-state index in [9.17, 15) is 9.59 Å². The van der Waals surface area contributed by atoms with E-state index in [-0.39, 0.29) is 31.6 Å². The first-order valence-corrected chi connectivity index (χ1v) is 8.71. The average molecular weight is 386 g/mol. The largest absolute Gasteiger partial charge is 0.497 e. The Balaban J connectivity index is 1.68. The Morgan fingerprint density at radius 2 is 1.86 bits per heavy atom. The highest BCUT2D eigenvalue weighted by atomic mass is 16.7. The fraction of sp³-hybridized carbons (Fsp3) is 0.300. The van der Waals surface area contributed by atoms with Crippen molar-refractivity contribution < 1.29 is 28.5 Å². The van der Waals surface area contributed by atoms with Crippen LogP contribution in [0.2, 0.25) is 0 Å². The minimum atomic E-state index is -0.230. The van der Waals surface area contributed by atoms with Gasteiger partial charge in [-0.3, -0.25) is 9.59 Å². The van der Waals surface area contributed by atoms with Crippen LogP contribution in [0.5, 0.6) is 23.0 Å². The van der Waals surface area contributed by atoms with Crippen molar-refractivity contribution in [3.8, 4) is 23.0 Å². The van der Waals surface area contributed by atoms with E-state index in [0.29, 0.717) is 34.4 Å². The molecule has 3 rings (SSSR count). The summed E-state index contributed by atoms with van der Waals surface area (Å²) in [5.41, 5.74) is 1.15. The molecule has 8 nitrogen and oxygen atoms in total. The summed E-state index contributed by atoms with van der Waals surface area (Å²) >= 11 is 0. The second-order valence-electron chi connectivity index (χ2n) is 6.07. The van der Waals surface area contributed by atoms with Crippen molar-refractivity contribution in [2.24, 2.45) is 0 Å². The molecule has 1 heterocycles. The van der Waals surface area contributed by atoms with Gasteiger partial charge in [0, 0.05) is 37.7 Å². The van der Waals surface area contributed by atoms with E-state index in [4.69, 9.17) is 18.9 Å². The topological polar surface area (TPSA) is 86.3 Å². The van der Waals surface area contributed by atoms with Gasteiger partial charge in [-0.05, 0) is 24.3 Å². The van der Waals surface area contributed by atoms with Crippen molar-refractivity contribution in [2.45, 2.75) is 13.3 Å². The van der Waals surface area contributed by atoms with Crippen LogP contribution in [0.1, 0.15) is 13.3 Å². The number of nitrogens with zero attached hydrogens (tertiary/aromatic N) is 1. The molecule has 0 saturated heterocycles. The highest BCUT2D eigenvalue weighted by Crippen LogP contribution is 2.34. The van der Waals surface area contributed by atoms with E-state index < -0.39 is 0 Å². The summed E-state index contributed by atoms with van der Waals surface area (Å²) in [7, 11) is 3.07. The van der Waals surface area contributed by atoms with Crippen LogP contribution in [0.4, 0.5) is 11.4 Å². The number of nitrogens with one attached hydrogen (secondary N) is 1. The van der Waals surface area contributed by atoms with Crippen LogP contribution in [0.25, 0.3) is 0 Å². The van der Waals surface area contributed by atoms with Crippen LogP contribution in [0.3, 0.4) is 0 Å². The first-order chi connectivity index (χ1) is 13.5. The molecular formula is C20H22N2O6. The molecule has 0 aliphatic carbocycles. The lowest BCUT2D eigenvalue weighted by Crippen LogP contribution is -2.32. The number of carbonyl (C=O) groups is 2. The number of rotatable bonds is 7. The molecule has 0 saturated carbocycles. The Morgan fingerprint density at radius 3 is 2.57 bits per heavy atom. The summed E-state index contributed by atoms with van der Waals surface area (Å²) in [4.78, 5) is 26.0. The minimum Gasteiger partial charge on any atom is -0.497 e. The number of benzene rings is 2. The first-order valence-electron chi connectivity index (χ1n) is 8.71. The van der Waals surface area contributed by atoms with Crippen LogP contribution >= 0.6 is 0 Å². The molecule has 0 aromatic heterocycles. The van der Waals surface area contributed by atoms with Crippen LogP contribution < -0.4 is 29.2 Å². The quantitative estimate of drug-likeness (QED) is 0.788. The molecule has 2 aromatic carbocycles. The highest BCUT2D eigenvalue weighted by Gasteiger charge is 2.19. The number of methoxy groups -OCH3 is 2. The molecule has 1 aliphatic heterocycles. The van der Waals surface area contributed by atoms with Crippen LogP contribution in [0, 0.1) is 0 Å². The fourth-order valence-electron chi connectivity index (χ4n) is 2.87. The van der Waals surface area contributed by atoms with Gasteiger partial charge in [0.1, 0.15) is 11.5 Å². The lowest BCUT2D eigenvalue weighted by atomic mass is 10.2. The number of anilines is 2. The van der Waals surface area contributed by atoms with Gasteiger partial charge in [-0.25, -0.2) is 0 Å². The maximum atomic E-state index is 12.4. The number of carbonyl (C=O) groups excluding carboxylic acids is 2. The smallest absolute Gasteiger partial charge is 0.231 e. The Labute approximate surface area is 162 Å². The molecule has 0 radical (unpaired) electrons. The van der Waals surface area contributed by atoms with Gasteiger partial charge >= 0.3 is 0 Å². The molecule has 2 aromatic rings. The molecule has 1 aliphatic rings. The van der Waals surface area contributed by atoms with Crippen molar-refractivity contribution in [3.05, 3.63) is 36.4 Å². The number of amides is 2. The van der Waals surface area contributed by atoms with Crippen LogP contribution in [-0.2, 0) is 9.59 Å². The molecule has 0 fully saturated rings. The van der Waals surface area contributed by atoms with E-state index >= 15 is 0 Å². The standard InChI is InChI=1S/C20H22N2O6/c1-13(23)22(16-11-15(25-2)5-7-17(16)26-3)9-8-20(24)21-14-4-6-18-19(10-14)28-12-27-18/h4-7,10-11H,8-9,12H2,1-3H3,(H,21,24). The third-order valence-corrected chi connectivity index (χ3v) is 4.28. The second kappa shape index (κ2) is 8.51. The molecule has 148 valence electrons. The molecule has 28 heavy (non-hydrogen) atoms. The fourth-order valence-corrected chi connectivity index (χ4v) is 2.87. The van der Waals surface area contributed by atoms with Gasteiger partial charge in [-0.1, -0.05) is 0 Å². The van der Waals surface area contributed by atoms with Crippen molar-refractivity contribution in [1.82, 2.24) is 0 Å². The maximum Gasteiger partial charge on any atom is 0.231 e. The van der Waals surface area contributed by atoms with Gasteiger partial charge in [-0.15, -0.1) is 0 Å². The molecule has 2 amide bonds. The summed E-state index contributed by atoms with van der Waals surface area (Å²) in [6.45, 7) is 1.80. The number of fused-ring (bicyclic) bond motifs is 1. The van der Waals surface area contributed by atoms with Gasteiger partial charge in [0.25, 0.3) is 0 Å². The zero-order valence-electron chi connectivity index (χ0n) is 16.0. The Hall–Kier alpha value is -3.42. The second-order valence-corrected chi connectivity index (χ2v) is 6.07. The summed E-state index contributed by atoms with van der Waals surface area (Å²) < 4.78 is 21.1. The average Bonchev–Trinajstić information content (AvgIpc) is 3.15. The van der Waals surface area contributed by atoms with E-state index in [1.807, 2.05) is 0 Å². The normalized spacial score (nSPS) is 11.7. The van der Waals surface area contributed by atoms with Gasteiger partial charge in [0.05, 0.1) is 19.9 Å². The summed E-state index contributed by atoms with van der Waals surface area (Å²) in [6.07, 6.45) is 0.106. The minimum absolute atomic E-state index is 0.106. The zero-order valence-corrected chi connectivity index (χ0v) is 16.0. The first kappa shape index (κ1) is 19.3. The van der Waals surface area contributed by atoms with E-state index in [2.05, 4.69) is 5.32 Å². The number of ether oxygens (including phenoxy) is 4. The van der Waals surface area contributed by atoms with Crippen molar-refractivity contribution in [1.29, 1.82) is 0 Å². The molecular weight excluding hydrogens is 364 g/mol. The van der Waals surface area contributed by atoms with Gasteiger partial charge in [0.15, 0.2) is 11.5 Å². The number of hydrogen-bond donors (Lipinski definition) is 1. The SMILES string of the molecule is COc1ccc(OC)c(N(CCC(=O)Nc2ccc3c(c2)OCO3)C(C)=O)c1. The number of hydrogen-bond acceptors (Lipinski definition) is 6. The lowest BCUT2D eigenvalue weighted by Gasteiger charge is -2.23. The summed E-state index contributed by atoms with van der Waals surface area (Å²) in [5, 5.41) is 2.80. The van der Waals surface area contributed by atoms with Gasteiger partial charge in [0.2, 0.25) is 18.6 Å². The molecule has 0 bridgehead atoms. The molecule has 0 atom stereocenters. The monoisotopic (exact) mass is 386 g/mol. The third kappa shape index (κ3) is 4.28. The maximum absolute atomic E-state index is 12.4. The molecule has 0 spiro atoms. The predicted octanol–water partition coefficient (Wildman–Crippen LogP) is 2.81. The summed E-state index contributed by atoms with van der Waals surface area (Å²) in [6, 6.07) is 10.3. The Bertz CT molecular complexity index is 883. The Kier molecular flexibility index (Phi) is 5.88. The van der Waals surface area contributed by atoms with Crippen LogP contribution in [0.15, 0.2) is 36.4 Å². The van der Waals surface area contributed by atoms with Crippen LogP contribution in [-0.4, -0.2) is 39.4 Å². The van der Waals surface area contributed by atoms with E-state index in [0.717, 1.165) is 0 Å². The molecule has 8 heteroatoms. The zero-order chi connectivity index (χ0) is 20.1. The highest BCUT2D eigenvalue weighted by molar-refractivity contribution is 5.96. The predicted molar refractivity (Wildman–Crippen MR) is 103 cm³/mol.